The molecule has 32 valence electrons. The third kappa shape index (κ3) is 2.32. The van der Waals surface area contributed by atoms with Crippen molar-refractivity contribution in [3.8, 4) is 0 Å². The van der Waals surface area contributed by atoms with Crippen LogP contribution in [0.25, 0.3) is 0 Å². The summed E-state index contributed by atoms with van der Waals surface area (Å²) >= 11 is 0. The predicted molar refractivity (Wildman–Crippen MR) is 26.2 cm³/mol. The Labute approximate surface area is 66.6 Å². The minimum absolute atomic E-state index is 0. The van der Waals surface area contributed by atoms with Crippen molar-refractivity contribution in [1.29, 1.82) is 0 Å². The molecule has 0 aromatic carbocycles. The summed E-state index contributed by atoms with van der Waals surface area (Å²) in [5.41, 5.74) is 1.27. The van der Waals surface area contributed by atoms with Gasteiger partial charge in [0.1, 0.15) is 0 Å². The Hall–Kier alpha value is 0.480. The van der Waals surface area contributed by atoms with E-state index in [9.17, 15) is 0 Å². The number of allylic oxidation sites excluding steroid dienone is 4. The summed E-state index contributed by atoms with van der Waals surface area (Å²) in [5.74, 6) is 0. The average molecular weight is 102 g/mol. The van der Waals surface area contributed by atoms with E-state index in [4.69, 9.17) is 0 Å². The van der Waals surface area contributed by atoms with Gasteiger partial charge in [0.15, 0.2) is 0 Å². The monoisotopic (exact) mass is 102 g/mol. The second kappa shape index (κ2) is 3.48. The maximum atomic E-state index is 3.12. The number of hydrogen-bond acceptors (Lipinski definition) is 0. The fourth-order valence-corrected chi connectivity index (χ4v) is 0.515. The summed E-state index contributed by atoms with van der Waals surface area (Å²) in [5, 5.41) is 0. The van der Waals surface area contributed by atoms with Crippen LogP contribution < -0.4 is 29.6 Å². The van der Waals surface area contributed by atoms with Gasteiger partial charge >= 0.3 is 29.6 Å². The largest absolute Gasteiger partial charge is 1.00 e. The van der Waals surface area contributed by atoms with Gasteiger partial charge in [0.2, 0.25) is 0 Å². The van der Waals surface area contributed by atoms with Gasteiger partial charge in [0.25, 0.3) is 0 Å². The van der Waals surface area contributed by atoms with E-state index in [0.717, 1.165) is 6.42 Å². The zero-order chi connectivity index (χ0) is 4.41. The van der Waals surface area contributed by atoms with Crippen LogP contribution in [0.5, 0.6) is 0 Å². The normalized spacial score (nSPS) is 15.9. The molecular formula is C6H7Na. The molecule has 1 rings (SSSR count). The average Bonchev–Trinajstić information content (AvgIpc) is 1.86. The molecular weight excluding hydrogens is 95.1 g/mol. The Morgan fingerprint density at radius 1 is 1.71 bits per heavy atom. The molecule has 0 atom stereocenters. The van der Waals surface area contributed by atoms with Crippen LogP contribution in [0.2, 0.25) is 0 Å². The second-order valence-electron chi connectivity index (χ2n) is 1.47. The molecule has 0 N–H and O–H groups in total. The summed E-state index contributed by atoms with van der Waals surface area (Å²) in [4.78, 5) is 0. The van der Waals surface area contributed by atoms with Gasteiger partial charge in [0, 0.05) is 0 Å². The molecule has 1 heteroatoms. The molecule has 7 heavy (non-hydrogen) atoms. The van der Waals surface area contributed by atoms with Crippen LogP contribution in [-0.4, -0.2) is 0 Å². The van der Waals surface area contributed by atoms with Crippen LogP contribution in [-0.2, 0) is 0 Å². The first-order valence-electron chi connectivity index (χ1n) is 2.13. The first kappa shape index (κ1) is 7.48. The van der Waals surface area contributed by atoms with Crippen molar-refractivity contribution in [3.63, 3.8) is 0 Å². The Kier molecular flexibility index (Phi) is 3.72. The van der Waals surface area contributed by atoms with Crippen molar-refractivity contribution in [2.24, 2.45) is 0 Å². The molecule has 0 aromatic heterocycles. The maximum absolute atomic E-state index is 3.12. The molecule has 0 spiro atoms. The molecule has 0 aliphatic heterocycles. The first-order valence-corrected chi connectivity index (χ1v) is 2.13. The summed E-state index contributed by atoms with van der Waals surface area (Å²) in [6.45, 7) is 2.06. The van der Waals surface area contributed by atoms with E-state index < -0.39 is 0 Å². The van der Waals surface area contributed by atoms with E-state index in [1.54, 1.807) is 0 Å². The van der Waals surface area contributed by atoms with Gasteiger partial charge in [-0.3, -0.25) is 6.08 Å². The van der Waals surface area contributed by atoms with Crippen molar-refractivity contribution < 1.29 is 29.6 Å². The van der Waals surface area contributed by atoms with Crippen LogP contribution in [0.1, 0.15) is 13.3 Å². The zero-order valence-electron chi connectivity index (χ0n) is 4.86. The summed E-state index contributed by atoms with van der Waals surface area (Å²) < 4.78 is 0. The second-order valence-corrected chi connectivity index (χ2v) is 1.47. The van der Waals surface area contributed by atoms with E-state index in [1.807, 2.05) is 0 Å². The SMILES string of the molecule is CC1=[C-]CC=C1.[Na+]. The summed E-state index contributed by atoms with van der Waals surface area (Å²) in [7, 11) is 0. The molecule has 0 aromatic rings. The Morgan fingerprint density at radius 2 is 2.43 bits per heavy atom. The fraction of sp³-hybridized carbons (Fsp3) is 0.333. The standard InChI is InChI=1S/C6H7.Na/c1-6-4-2-3-5-6;/h2,4H,3H2,1H3;/q-1;+1. The molecule has 0 saturated heterocycles. The van der Waals surface area contributed by atoms with Crippen molar-refractivity contribution in [3.05, 3.63) is 23.8 Å². The molecule has 0 amide bonds. The number of rotatable bonds is 0. The quantitative estimate of drug-likeness (QED) is 0.263. The maximum Gasteiger partial charge on any atom is 1.00 e. The van der Waals surface area contributed by atoms with Crippen molar-refractivity contribution >= 4 is 0 Å². The van der Waals surface area contributed by atoms with Crippen molar-refractivity contribution in [2.75, 3.05) is 0 Å². The molecule has 1 aliphatic rings. The predicted octanol–water partition coefficient (Wildman–Crippen LogP) is -1.30. The third-order valence-electron chi connectivity index (χ3n) is 0.867. The molecule has 0 heterocycles. The minimum atomic E-state index is 0. The van der Waals surface area contributed by atoms with Gasteiger partial charge in [-0.1, -0.05) is 6.92 Å². The van der Waals surface area contributed by atoms with Gasteiger partial charge in [0.05, 0.1) is 0 Å². The van der Waals surface area contributed by atoms with Crippen molar-refractivity contribution in [1.82, 2.24) is 0 Å². The molecule has 0 fully saturated rings. The molecule has 0 nitrogen and oxygen atoms in total. The molecule has 0 radical (unpaired) electrons. The van der Waals surface area contributed by atoms with Gasteiger partial charge in [-0.25, -0.2) is 11.6 Å². The fourth-order valence-electron chi connectivity index (χ4n) is 0.515. The first-order chi connectivity index (χ1) is 2.89. The molecule has 1 aliphatic carbocycles. The van der Waals surface area contributed by atoms with E-state index in [2.05, 4.69) is 25.2 Å². The topological polar surface area (TPSA) is 0 Å². The number of hydrogen-bond donors (Lipinski definition) is 0. The molecule has 0 saturated carbocycles. The van der Waals surface area contributed by atoms with Gasteiger partial charge in [-0.15, -0.1) is 6.42 Å². The van der Waals surface area contributed by atoms with Crippen LogP contribution in [0.4, 0.5) is 0 Å². The summed E-state index contributed by atoms with van der Waals surface area (Å²) in [6.07, 6.45) is 8.33. The van der Waals surface area contributed by atoms with Gasteiger partial charge in [-0.05, 0) is 0 Å². The Morgan fingerprint density at radius 3 is 2.57 bits per heavy atom. The zero-order valence-corrected chi connectivity index (χ0v) is 6.86. The third-order valence-corrected chi connectivity index (χ3v) is 0.867. The summed E-state index contributed by atoms with van der Waals surface area (Å²) in [6, 6.07) is 0. The Balaban J connectivity index is 0.000000360. The van der Waals surface area contributed by atoms with Gasteiger partial charge in [-0.2, -0.15) is 6.08 Å². The van der Waals surface area contributed by atoms with Crippen LogP contribution in [0, 0.1) is 6.08 Å². The van der Waals surface area contributed by atoms with E-state index in [-0.39, 0.29) is 29.6 Å². The molecule has 0 unspecified atom stereocenters. The van der Waals surface area contributed by atoms with E-state index in [0.29, 0.717) is 0 Å². The van der Waals surface area contributed by atoms with Crippen LogP contribution in [0.3, 0.4) is 0 Å². The van der Waals surface area contributed by atoms with Gasteiger partial charge < -0.3 is 0 Å². The Bertz CT molecular complexity index is 98.0. The van der Waals surface area contributed by atoms with Crippen LogP contribution >= 0.6 is 0 Å². The smallest absolute Gasteiger partial charge is 0.270 e. The van der Waals surface area contributed by atoms with Crippen molar-refractivity contribution in [2.45, 2.75) is 13.3 Å². The van der Waals surface area contributed by atoms with Crippen LogP contribution in [0.15, 0.2) is 17.7 Å². The van der Waals surface area contributed by atoms with E-state index >= 15 is 0 Å². The molecule has 0 bridgehead atoms. The minimum Gasteiger partial charge on any atom is -0.270 e. The van der Waals surface area contributed by atoms with E-state index in [1.165, 1.54) is 5.57 Å².